The Balaban J connectivity index is 2.34. The van der Waals surface area contributed by atoms with Gasteiger partial charge in [0.1, 0.15) is 6.07 Å². The van der Waals surface area contributed by atoms with Gasteiger partial charge in [-0.1, -0.05) is 44.5 Å². The Morgan fingerprint density at radius 1 is 1.04 bits per heavy atom. The second-order valence-electron chi connectivity index (χ2n) is 6.02. The van der Waals surface area contributed by atoms with E-state index in [0.717, 1.165) is 24.9 Å². The lowest BCUT2D eigenvalue weighted by Crippen LogP contribution is -2.01. The molecule has 2 aromatic rings. The fourth-order valence-electron chi connectivity index (χ4n) is 3.21. The molecule has 2 aromatic carbocycles. The first kappa shape index (κ1) is 17.1. The van der Waals surface area contributed by atoms with Gasteiger partial charge in [-0.3, -0.25) is 0 Å². The van der Waals surface area contributed by atoms with E-state index < -0.39 is 0 Å². The van der Waals surface area contributed by atoms with Gasteiger partial charge in [-0.05, 0) is 60.1 Å². The fraction of sp³-hybridized carbons (Fsp3) is 0.381. The van der Waals surface area contributed by atoms with Crippen LogP contribution in [0.1, 0.15) is 53.6 Å². The molecular weight excluding hydrogens is 280 g/mol. The van der Waals surface area contributed by atoms with Crippen molar-refractivity contribution in [1.82, 2.24) is 0 Å². The summed E-state index contributed by atoms with van der Waals surface area (Å²) in [7, 11) is 1.88. The van der Waals surface area contributed by atoms with E-state index in [0.29, 0.717) is 5.56 Å². The molecule has 23 heavy (non-hydrogen) atoms. The highest BCUT2D eigenvalue weighted by atomic mass is 14.8. The first-order chi connectivity index (χ1) is 11.1. The number of aryl methyl sites for hydroxylation is 2. The van der Waals surface area contributed by atoms with Gasteiger partial charge >= 0.3 is 0 Å². The summed E-state index contributed by atoms with van der Waals surface area (Å²) in [6.45, 7) is 6.55. The van der Waals surface area contributed by atoms with E-state index in [2.05, 4.69) is 56.4 Å². The van der Waals surface area contributed by atoms with E-state index in [1.807, 2.05) is 13.1 Å². The molecule has 0 radical (unpaired) electrons. The molecule has 0 atom stereocenters. The number of hydrogen-bond donors (Lipinski definition) is 1. The topological polar surface area (TPSA) is 35.8 Å². The molecule has 0 aliphatic carbocycles. The summed E-state index contributed by atoms with van der Waals surface area (Å²) >= 11 is 0. The maximum atomic E-state index is 9.21. The van der Waals surface area contributed by atoms with Gasteiger partial charge in [0.2, 0.25) is 0 Å². The number of hydrogen-bond acceptors (Lipinski definition) is 2. The first-order valence-corrected chi connectivity index (χ1v) is 8.45. The van der Waals surface area contributed by atoms with Gasteiger partial charge in [0.25, 0.3) is 0 Å². The van der Waals surface area contributed by atoms with Crippen LogP contribution in [0.3, 0.4) is 0 Å². The highest BCUT2D eigenvalue weighted by Crippen LogP contribution is 2.26. The van der Waals surface area contributed by atoms with Crippen molar-refractivity contribution < 1.29 is 0 Å². The summed E-state index contributed by atoms with van der Waals surface area (Å²) in [5, 5.41) is 12.4. The van der Waals surface area contributed by atoms with Gasteiger partial charge in [-0.15, -0.1) is 0 Å². The zero-order valence-electron chi connectivity index (χ0n) is 14.7. The van der Waals surface area contributed by atoms with Crippen LogP contribution in [0.4, 0.5) is 5.69 Å². The molecule has 2 rings (SSSR count). The molecule has 0 aromatic heterocycles. The zero-order chi connectivity index (χ0) is 16.8. The Kier molecular flexibility index (Phi) is 5.82. The highest BCUT2D eigenvalue weighted by molar-refractivity contribution is 5.64. The molecule has 0 fully saturated rings. The molecule has 0 amide bonds. The van der Waals surface area contributed by atoms with Crippen LogP contribution in [0, 0.1) is 18.3 Å². The van der Waals surface area contributed by atoms with Crippen LogP contribution >= 0.6 is 0 Å². The average Bonchev–Trinajstić information content (AvgIpc) is 2.57. The number of benzene rings is 2. The summed E-state index contributed by atoms with van der Waals surface area (Å²) in [6.07, 6.45) is 4.33. The van der Waals surface area contributed by atoms with E-state index in [4.69, 9.17) is 0 Å². The Hall–Kier alpha value is -2.27. The summed E-state index contributed by atoms with van der Waals surface area (Å²) in [5.74, 6) is 0. The largest absolute Gasteiger partial charge is 0.387 e. The van der Waals surface area contributed by atoms with Gasteiger partial charge in [-0.2, -0.15) is 5.26 Å². The van der Waals surface area contributed by atoms with Crippen LogP contribution < -0.4 is 5.32 Å². The molecule has 1 N–H and O–H groups in total. The Labute approximate surface area is 140 Å². The van der Waals surface area contributed by atoms with Crippen LogP contribution in [0.2, 0.25) is 0 Å². The Morgan fingerprint density at radius 3 is 2.39 bits per heavy atom. The second kappa shape index (κ2) is 7.83. The molecule has 0 saturated heterocycles. The van der Waals surface area contributed by atoms with Crippen molar-refractivity contribution in [3.63, 3.8) is 0 Å². The van der Waals surface area contributed by atoms with Crippen LogP contribution in [-0.2, 0) is 19.3 Å². The van der Waals surface area contributed by atoms with Gasteiger partial charge < -0.3 is 5.32 Å². The van der Waals surface area contributed by atoms with Crippen LogP contribution in [0.5, 0.6) is 0 Å². The number of nitriles is 1. The predicted molar refractivity (Wildman–Crippen MR) is 98.1 cm³/mol. The third-order valence-electron chi connectivity index (χ3n) is 4.51. The molecule has 120 valence electrons. The van der Waals surface area contributed by atoms with Crippen LogP contribution in [-0.4, -0.2) is 7.05 Å². The van der Waals surface area contributed by atoms with Crippen molar-refractivity contribution in [2.24, 2.45) is 0 Å². The summed E-state index contributed by atoms with van der Waals surface area (Å²) < 4.78 is 0. The standard InChI is InChI=1S/C21H26N2/c1-5-7-18-9-8-16(12-17(18)6-2)13-19-10-11-20(14-22)21(23-4)15(19)3/h8-12,23H,5-7,13H2,1-4H3. The molecule has 0 aliphatic heterocycles. The number of nitrogens with zero attached hydrogens (tertiary/aromatic N) is 1. The van der Waals surface area contributed by atoms with E-state index in [1.165, 1.54) is 34.2 Å². The van der Waals surface area contributed by atoms with Crippen molar-refractivity contribution in [2.75, 3.05) is 12.4 Å². The van der Waals surface area contributed by atoms with Crippen molar-refractivity contribution in [1.29, 1.82) is 5.26 Å². The fourth-order valence-corrected chi connectivity index (χ4v) is 3.21. The molecule has 2 heteroatoms. The summed E-state index contributed by atoms with van der Waals surface area (Å²) in [5.41, 5.74) is 8.39. The van der Waals surface area contributed by atoms with Crippen molar-refractivity contribution in [2.45, 2.75) is 46.5 Å². The minimum absolute atomic E-state index is 0.710. The molecule has 0 spiro atoms. The van der Waals surface area contributed by atoms with Gasteiger partial charge in [-0.25, -0.2) is 0 Å². The number of rotatable bonds is 6. The van der Waals surface area contributed by atoms with E-state index >= 15 is 0 Å². The normalized spacial score (nSPS) is 10.4. The molecular formula is C21H26N2. The third-order valence-corrected chi connectivity index (χ3v) is 4.51. The molecule has 0 bridgehead atoms. The zero-order valence-corrected chi connectivity index (χ0v) is 14.7. The van der Waals surface area contributed by atoms with E-state index in [9.17, 15) is 5.26 Å². The van der Waals surface area contributed by atoms with Crippen molar-refractivity contribution >= 4 is 5.69 Å². The minimum Gasteiger partial charge on any atom is -0.387 e. The number of nitrogens with one attached hydrogen (secondary N) is 1. The molecule has 0 unspecified atom stereocenters. The second-order valence-corrected chi connectivity index (χ2v) is 6.02. The van der Waals surface area contributed by atoms with Crippen molar-refractivity contribution in [3.05, 3.63) is 63.7 Å². The lowest BCUT2D eigenvalue weighted by atomic mass is 9.93. The monoisotopic (exact) mass is 306 g/mol. The molecule has 0 heterocycles. The van der Waals surface area contributed by atoms with Crippen LogP contribution in [0.25, 0.3) is 0 Å². The average molecular weight is 306 g/mol. The van der Waals surface area contributed by atoms with Crippen molar-refractivity contribution in [3.8, 4) is 6.07 Å². The maximum Gasteiger partial charge on any atom is 0.101 e. The van der Waals surface area contributed by atoms with E-state index in [1.54, 1.807) is 0 Å². The quantitative estimate of drug-likeness (QED) is 0.814. The minimum atomic E-state index is 0.710. The highest BCUT2D eigenvalue weighted by Gasteiger charge is 2.10. The Morgan fingerprint density at radius 2 is 1.78 bits per heavy atom. The third kappa shape index (κ3) is 3.74. The lowest BCUT2D eigenvalue weighted by Gasteiger charge is -2.14. The molecule has 0 saturated carbocycles. The SMILES string of the molecule is CCCc1ccc(Cc2ccc(C#N)c(NC)c2C)cc1CC. The maximum absolute atomic E-state index is 9.21. The molecule has 0 aliphatic rings. The van der Waals surface area contributed by atoms with E-state index in [-0.39, 0.29) is 0 Å². The predicted octanol–water partition coefficient (Wildman–Crippen LogP) is 5.01. The Bertz CT molecular complexity index is 723. The van der Waals surface area contributed by atoms with Crippen LogP contribution in [0.15, 0.2) is 30.3 Å². The lowest BCUT2D eigenvalue weighted by molar-refractivity contribution is 0.896. The number of anilines is 1. The van der Waals surface area contributed by atoms with Gasteiger partial charge in [0.15, 0.2) is 0 Å². The first-order valence-electron chi connectivity index (χ1n) is 8.45. The smallest absolute Gasteiger partial charge is 0.101 e. The summed E-state index contributed by atoms with van der Waals surface area (Å²) in [6, 6.07) is 13.1. The molecule has 2 nitrogen and oxygen atoms in total. The van der Waals surface area contributed by atoms with Gasteiger partial charge in [0, 0.05) is 7.05 Å². The summed E-state index contributed by atoms with van der Waals surface area (Å²) in [4.78, 5) is 0. The van der Waals surface area contributed by atoms with Gasteiger partial charge in [0.05, 0.1) is 11.3 Å².